The van der Waals surface area contributed by atoms with E-state index in [0.717, 1.165) is 28.3 Å². The van der Waals surface area contributed by atoms with Crippen molar-refractivity contribution in [2.24, 2.45) is 5.73 Å². The first-order chi connectivity index (χ1) is 10.3. The summed E-state index contributed by atoms with van der Waals surface area (Å²) in [4.78, 5) is 4.64. The minimum atomic E-state index is -0.0639. The van der Waals surface area contributed by atoms with Gasteiger partial charge in [-0.2, -0.15) is 0 Å². The molecular formula is C17H18N2OS. The Kier molecular flexibility index (Phi) is 4.18. The quantitative estimate of drug-likeness (QED) is 0.776. The van der Waals surface area contributed by atoms with E-state index < -0.39 is 0 Å². The summed E-state index contributed by atoms with van der Waals surface area (Å²) in [5.74, 6) is 0.870. The third-order valence-corrected chi connectivity index (χ3v) is 4.39. The van der Waals surface area contributed by atoms with Crippen LogP contribution >= 0.6 is 11.3 Å². The number of hydrogen-bond donors (Lipinski definition) is 1. The lowest BCUT2D eigenvalue weighted by molar-refractivity contribution is 0.339. The molecule has 3 nitrogen and oxygen atoms in total. The van der Waals surface area contributed by atoms with Crippen LogP contribution in [0.4, 0.5) is 0 Å². The van der Waals surface area contributed by atoms with Crippen LogP contribution in [0.25, 0.3) is 10.2 Å². The highest BCUT2D eigenvalue weighted by molar-refractivity contribution is 7.18. The SMILES string of the molecule is CCOc1cccc(C(N)Cc2nc3ccccc3s2)c1. The molecule has 0 radical (unpaired) electrons. The highest BCUT2D eigenvalue weighted by Gasteiger charge is 2.11. The molecule has 2 N–H and O–H groups in total. The Bertz CT molecular complexity index is 705. The van der Waals surface area contributed by atoms with Crippen LogP contribution in [0.1, 0.15) is 23.5 Å². The summed E-state index contributed by atoms with van der Waals surface area (Å²) in [6, 6.07) is 16.1. The van der Waals surface area contributed by atoms with Gasteiger partial charge in [-0.25, -0.2) is 4.98 Å². The number of hydrogen-bond acceptors (Lipinski definition) is 4. The maximum Gasteiger partial charge on any atom is 0.119 e. The minimum absolute atomic E-state index is 0.0639. The minimum Gasteiger partial charge on any atom is -0.494 e. The fourth-order valence-corrected chi connectivity index (χ4v) is 3.34. The summed E-state index contributed by atoms with van der Waals surface area (Å²) < 4.78 is 6.74. The molecule has 0 aliphatic carbocycles. The molecular weight excluding hydrogens is 280 g/mol. The fraction of sp³-hybridized carbons (Fsp3) is 0.235. The summed E-state index contributed by atoms with van der Waals surface area (Å²) >= 11 is 1.71. The van der Waals surface area contributed by atoms with Crippen molar-refractivity contribution in [2.75, 3.05) is 6.61 Å². The number of rotatable bonds is 5. The zero-order valence-electron chi connectivity index (χ0n) is 12.0. The van der Waals surface area contributed by atoms with Gasteiger partial charge >= 0.3 is 0 Å². The number of benzene rings is 2. The molecule has 0 aliphatic rings. The van der Waals surface area contributed by atoms with Crippen LogP contribution < -0.4 is 10.5 Å². The maximum absolute atomic E-state index is 6.33. The van der Waals surface area contributed by atoms with E-state index in [2.05, 4.69) is 11.1 Å². The predicted molar refractivity (Wildman–Crippen MR) is 87.9 cm³/mol. The molecule has 0 saturated heterocycles. The maximum atomic E-state index is 6.33. The van der Waals surface area contributed by atoms with Gasteiger partial charge in [-0.1, -0.05) is 24.3 Å². The molecule has 108 valence electrons. The molecule has 1 heterocycles. The van der Waals surface area contributed by atoms with Crippen molar-refractivity contribution in [3.63, 3.8) is 0 Å². The Hall–Kier alpha value is -1.91. The van der Waals surface area contributed by atoms with Crippen molar-refractivity contribution < 1.29 is 4.74 Å². The van der Waals surface area contributed by atoms with Crippen LogP contribution in [0.3, 0.4) is 0 Å². The van der Waals surface area contributed by atoms with Crippen molar-refractivity contribution in [3.05, 3.63) is 59.1 Å². The molecule has 0 aliphatic heterocycles. The summed E-state index contributed by atoms with van der Waals surface area (Å²) in [6.07, 6.45) is 0.745. The Balaban J connectivity index is 1.78. The number of nitrogens with two attached hydrogens (primary N) is 1. The Morgan fingerprint density at radius 3 is 2.86 bits per heavy atom. The zero-order chi connectivity index (χ0) is 14.7. The number of ether oxygens (including phenoxy) is 1. The smallest absolute Gasteiger partial charge is 0.119 e. The summed E-state index contributed by atoms with van der Waals surface area (Å²) in [5.41, 5.74) is 8.46. The van der Waals surface area contributed by atoms with Crippen molar-refractivity contribution in [2.45, 2.75) is 19.4 Å². The normalized spacial score (nSPS) is 12.5. The Labute approximate surface area is 128 Å². The van der Waals surface area contributed by atoms with E-state index in [1.807, 2.05) is 49.4 Å². The molecule has 0 amide bonds. The number of aromatic nitrogens is 1. The van der Waals surface area contributed by atoms with Crippen molar-refractivity contribution in [1.29, 1.82) is 0 Å². The predicted octanol–water partition coefficient (Wildman–Crippen LogP) is 3.94. The third-order valence-electron chi connectivity index (χ3n) is 3.33. The molecule has 1 aromatic heterocycles. The lowest BCUT2D eigenvalue weighted by Crippen LogP contribution is -2.13. The largest absolute Gasteiger partial charge is 0.494 e. The van der Waals surface area contributed by atoms with Gasteiger partial charge in [0.25, 0.3) is 0 Å². The number of thiazole rings is 1. The molecule has 0 bridgehead atoms. The van der Waals surface area contributed by atoms with E-state index in [0.29, 0.717) is 6.61 Å². The van der Waals surface area contributed by atoms with Gasteiger partial charge in [0.1, 0.15) is 5.75 Å². The molecule has 1 atom stereocenters. The number of fused-ring (bicyclic) bond motifs is 1. The van der Waals surface area contributed by atoms with Crippen LogP contribution in [0, 0.1) is 0 Å². The molecule has 1 unspecified atom stereocenters. The topological polar surface area (TPSA) is 48.1 Å². The van der Waals surface area contributed by atoms with Crippen LogP contribution in [0.5, 0.6) is 5.75 Å². The van der Waals surface area contributed by atoms with Gasteiger partial charge in [0.15, 0.2) is 0 Å². The highest BCUT2D eigenvalue weighted by Crippen LogP contribution is 2.26. The molecule has 0 saturated carbocycles. The third kappa shape index (κ3) is 3.23. The van der Waals surface area contributed by atoms with E-state index in [4.69, 9.17) is 10.5 Å². The van der Waals surface area contributed by atoms with E-state index in [1.54, 1.807) is 11.3 Å². The molecule has 21 heavy (non-hydrogen) atoms. The molecule has 3 rings (SSSR count). The van der Waals surface area contributed by atoms with E-state index in [1.165, 1.54) is 4.70 Å². The van der Waals surface area contributed by atoms with E-state index >= 15 is 0 Å². The van der Waals surface area contributed by atoms with Gasteiger partial charge in [-0.15, -0.1) is 11.3 Å². The van der Waals surface area contributed by atoms with Gasteiger partial charge < -0.3 is 10.5 Å². The van der Waals surface area contributed by atoms with Crippen LogP contribution in [0.15, 0.2) is 48.5 Å². The Morgan fingerprint density at radius 2 is 2.05 bits per heavy atom. The number of nitrogens with zero attached hydrogens (tertiary/aromatic N) is 1. The monoisotopic (exact) mass is 298 g/mol. The second-order valence-corrected chi connectivity index (χ2v) is 6.01. The average molecular weight is 298 g/mol. The first kappa shape index (κ1) is 14.0. The standard InChI is InChI=1S/C17H18N2OS/c1-2-20-13-7-5-6-12(10-13)14(18)11-17-19-15-8-3-4-9-16(15)21-17/h3-10,14H,2,11,18H2,1H3. The van der Waals surface area contributed by atoms with Crippen LogP contribution in [0.2, 0.25) is 0 Å². The molecule has 4 heteroatoms. The van der Waals surface area contributed by atoms with Gasteiger partial charge in [0.05, 0.1) is 21.8 Å². The zero-order valence-corrected chi connectivity index (χ0v) is 12.8. The van der Waals surface area contributed by atoms with Gasteiger partial charge in [0.2, 0.25) is 0 Å². The van der Waals surface area contributed by atoms with Crippen molar-refractivity contribution in [3.8, 4) is 5.75 Å². The second kappa shape index (κ2) is 6.24. The van der Waals surface area contributed by atoms with Crippen molar-refractivity contribution >= 4 is 21.6 Å². The average Bonchev–Trinajstić information content (AvgIpc) is 2.90. The molecule has 0 spiro atoms. The van der Waals surface area contributed by atoms with E-state index in [-0.39, 0.29) is 6.04 Å². The number of para-hydroxylation sites is 1. The lowest BCUT2D eigenvalue weighted by Gasteiger charge is -2.12. The highest BCUT2D eigenvalue weighted by atomic mass is 32.1. The Morgan fingerprint density at radius 1 is 1.19 bits per heavy atom. The lowest BCUT2D eigenvalue weighted by atomic mass is 10.0. The molecule has 3 aromatic rings. The summed E-state index contributed by atoms with van der Waals surface area (Å²) in [7, 11) is 0. The van der Waals surface area contributed by atoms with E-state index in [9.17, 15) is 0 Å². The van der Waals surface area contributed by atoms with Gasteiger partial charge in [0, 0.05) is 12.5 Å². The van der Waals surface area contributed by atoms with Crippen LogP contribution in [-0.2, 0) is 6.42 Å². The van der Waals surface area contributed by atoms with Gasteiger partial charge in [-0.05, 0) is 36.8 Å². The molecule has 0 fully saturated rings. The summed E-state index contributed by atoms with van der Waals surface area (Å²) in [6.45, 7) is 2.64. The molecule has 2 aromatic carbocycles. The first-order valence-corrected chi connectivity index (χ1v) is 7.90. The van der Waals surface area contributed by atoms with Crippen LogP contribution in [-0.4, -0.2) is 11.6 Å². The van der Waals surface area contributed by atoms with Gasteiger partial charge in [-0.3, -0.25) is 0 Å². The second-order valence-electron chi connectivity index (χ2n) is 4.89. The van der Waals surface area contributed by atoms with Crippen molar-refractivity contribution in [1.82, 2.24) is 4.98 Å². The summed E-state index contributed by atoms with van der Waals surface area (Å²) in [5, 5.41) is 1.07. The fourth-order valence-electron chi connectivity index (χ4n) is 2.31. The first-order valence-electron chi connectivity index (χ1n) is 7.09.